The molecule has 2 rings (SSSR count). The SMILES string of the molecule is COC(=O)CC/C(C)=C/CC/C(C)=C/CC/C(C)=C/Cc1cc(O[C@@H]2OC[C@@H](OC(C)=O)[C@H](OC(C)=O)[C@H]2OC(C)=O)ccc1OC(C)=O. The van der Waals surface area contributed by atoms with Crippen LogP contribution in [0.15, 0.2) is 53.1 Å². The normalized spacial score (nSPS) is 19.8. The Labute approximate surface area is 288 Å². The second kappa shape index (κ2) is 20.8. The molecule has 0 aromatic heterocycles. The zero-order valence-electron chi connectivity index (χ0n) is 29.8. The van der Waals surface area contributed by atoms with E-state index in [4.69, 9.17) is 33.2 Å². The van der Waals surface area contributed by atoms with E-state index in [-0.39, 0.29) is 12.6 Å². The molecule has 4 atom stereocenters. The Bertz CT molecular complexity index is 1410. The van der Waals surface area contributed by atoms with Crippen molar-refractivity contribution in [3.8, 4) is 11.5 Å². The zero-order valence-corrected chi connectivity index (χ0v) is 29.8. The fraction of sp³-hybridized carbons (Fsp3) is 0.541. The lowest BCUT2D eigenvalue weighted by atomic mass is 10.0. The molecule has 12 heteroatoms. The van der Waals surface area contributed by atoms with Gasteiger partial charge in [0.05, 0.1) is 13.7 Å². The third kappa shape index (κ3) is 15.5. The van der Waals surface area contributed by atoms with E-state index < -0.39 is 48.5 Å². The van der Waals surface area contributed by atoms with Gasteiger partial charge in [-0.1, -0.05) is 34.9 Å². The maximum atomic E-state index is 12.0. The quantitative estimate of drug-likeness (QED) is 0.0814. The molecule has 0 N–H and O–H groups in total. The summed E-state index contributed by atoms with van der Waals surface area (Å²) in [5, 5.41) is 0. The molecule has 49 heavy (non-hydrogen) atoms. The number of ether oxygens (including phenoxy) is 7. The maximum absolute atomic E-state index is 12.0. The van der Waals surface area contributed by atoms with Crippen LogP contribution in [-0.4, -0.2) is 68.2 Å². The van der Waals surface area contributed by atoms with Gasteiger partial charge in [0.1, 0.15) is 11.5 Å². The Hall–Kier alpha value is -4.45. The maximum Gasteiger partial charge on any atom is 0.308 e. The van der Waals surface area contributed by atoms with Crippen molar-refractivity contribution in [2.24, 2.45) is 0 Å². The molecule has 0 unspecified atom stereocenters. The van der Waals surface area contributed by atoms with Gasteiger partial charge >= 0.3 is 29.8 Å². The van der Waals surface area contributed by atoms with Crippen LogP contribution in [0, 0.1) is 0 Å². The van der Waals surface area contributed by atoms with Gasteiger partial charge in [0.25, 0.3) is 0 Å². The monoisotopic (exact) mass is 686 g/mol. The lowest BCUT2D eigenvalue weighted by Gasteiger charge is -2.40. The summed E-state index contributed by atoms with van der Waals surface area (Å²) < 4.78 is 38.1. The molecule has 1 saturated heterocycles. The Morgan fingerprint density at radius 3 is 1.86 bits per heavy atom. The summed E-state index contributed by atoms with van der Waals surface area (Å²) in [7, 11) is 1.40. The first kappa shape index (κ1) is 40.7. The average molecular weight is 687 g/mol. The molecule has 1 fully saturated rings. The van der Waals surface area contributed by atoms with Crippen LogP contribution in [0.3, 0.4) is 0 Å². The van der Waals surface area contributed by atoms with Crippen LogP contribution in [0.5, 0.6) is 11.5 Å². The van der Waals surface area contributed by atoms with Crippen LogP contribution in [0.4, 0.5) is 0 Å². The Morgan fingerprint density at radius 2 is 1.29 bits per heavy atom. The number of esters is 5. The minimum atomic E-state index is -1.25. The summed E-state index contributed by atoms with van der Waals surface area (Å²) in [6.07, 6.45) is 6.88. The van der Waals surface area contributed by atoms with E-state index in [1.165, 1.54) is 46.0 Å². The highest BCUT2D eigenvalue weighted by molar-refractivity contribution is 5.70. The van der Waals surface area contributed by atoms with Crippen molar-refractivity contribution in [1.82, 2.24) is 0 Å². The van der Waals surface area contributed by atoms with Crippen molar-refractivity contribution in [2.75, 3.05) is 13.7 Å². The summed E-state index contributed by atoms with van der Waals surface area (Å²) >= 11 is 0. The van der Waals surface area contributed by atoms with Crippen LogP contribution >= 0.6 is 0 Å². The molecule has 0 radical (unpaired) electrons. The lowest BCUT2D eigenvalue weighted by Crippen LogP contribution is -2.59. The topological polar surface area (TPSA) is 150 Å². The van der Waals surface area contributed by atoms with Gasteiger partial charge in [-0.2, -0.15) is 0 Å². The van der Waals surface area contributed by atoms with Gasteiger partial charge in [-0.25, -0.2) is 0 Å². The molecule has 12 nitrogen and oxygen atoms in total. The number of hydrogen-bond acceptors (Lipinski definition) is 12. The highest BCUT2D eigenvalue weighted by Gasteiger charge is 2.48. The first-order chi connectivity index (χ1) is 23.2. The number of allylic oxidation sites excluding steroid dienone is 6. The summed E-state index contributed by atoms with van der Waals surface area (Å²) in [5.74, 6) is -1.97. The zero-order chi connectivity index (χ0) is 36.5. The molecule has 1 aliphatic heterocycles. The molecule has 0 aliphatic carbocycles. The van der Waals surface area contributed by atoms with Crippen LogP contribution in [0.1, 0.15) is 92.6 Å². The van der Waals surface area contributed by atoms with Gasteiger partial charge in [-0.3, -0.25) is 24.0 Å². The molecule has 1 aromatic carbocycles. The van der Waals surface area contributed by atoms with Crippen molar-refractivity contribution in [1.29, 1.82) is 0 Å². The van der Waals surface area contributed by atoms with Crippen LogP contribution in [0.2, 0.25) is 0 Å². The number of rotatable bonds is 17. The molecule has 1 heterocycles. The van der Waals surface area contributed by atoms with E-state index in [0.717, 1.165) is 31.3 Å². The van der Waals surface area contributed by atoms with Crippen molar-refractivity contribution >= 4 is 29.8 Å². The number of methoxy groups -OCH3 is 1. The number of carbonyl (C=O) groups excluding carboxylic acids is 5. The van der Waals surface area contributed by atoms with Crippen molar-refractivity contribution in [3.05, 3.63) is 58.7 Å². The molecule has 0 amide bonds. The van der Waals surface area contributed by atoms with Gasteiger partial charge in [-0.05, 0) is 77.5 Å². The first-order valence-corrected chi connectivity index (χ1v) is 16.3. The van der Waals surface area contributed by atoms with Gasteiger partial charge < -0.3 is 33.2 Å². The molecule has 270 valence electrons. The van der Waals surface area contributed by atoms with Crippen LogP contribution < -0.4 is 9.47 Å². The second-order valence-electron chi connectivity index (χ2n) is 12.0. The molecule has 1 aliphatic rings. The van der Waals surface area contributed by atoms with E-state index in [1.54, 1.807) is 18.2 Å². The Morgan fingerprint density at radius 1 is 0.714 bits per heavy atom. The lowest BCUT2D eigenvalue weighted by molar-refractivity contribution is -0.259. The van der Waals surface area contributed by atoms with Crippen molar-refractivity contribution < 1.29 is 57.1 Å². The Kier molecular flexibility index (Phi) is 17.3. The van der Waals surface area contributed by atoms with E-state index in [1.807, 2.05) is 13.8 Å². The fourth-order valence-corrected chi connectivity index (χ4v) is 5.07. The molecule has 1 aromatic rings. The van der Waals surface area contributed by atoms with Gasteiger partial charge in [-0.15, -0.1) is 0 Å². The summed E-state index contributed by atoms with van der Waals surface area (Å²) in [6.45, 7) is 10.9. The molecule has 0 bridgehead atoms. The molecule has 0 saturated carbocycles. The number of benzene rings is 1. The summed E-state index contributed by atoms with van der Waals surface area (Å²) in [5.41, 5.74) is 4.28. The Balaban J connectivity index is 2.13. The van der Waals surface area contributed by atoms with Gasteiger partial charge in [0, 0.05) is 39.7 Å². The predicted molar refractivity (Wildman–Crippen MR) is 179 cm³/mol. The minimum Gasteiger partial charge on any atom is -0.469 e. The van der Waals surface area contributed by atoms with Crippen molar-refractivity contribution in [3.63, 3.8) is 0 Å². The smallest absolute Gasteiger partial charge is 0.308 e. The molecule has 0 spiro atoms. The fourth-order valence-electron chi connectivity index (χ4n) is 5.07. The van der Waals surface area contributed by atoms with Gasteiger partial charge in [0.15, 0.2) is 12.2 Å². The van der Waals surface area contributed by atoms with Crippen LogP contribution in [-0.2, 0) is 54.1 Å². The van der Waals surface area contributed by atoms with E-state index in [2.05, 4.69) is 25.2 Å². The highest BCUT2D eigenvalue weighted by Crippen LogP contribution is 2.30. The largest absolute Gasteiger partial charge is 0.469 e. The predicted octanol–water partition coefficient (Wildman–Crippen LogP) is 6.04. The van der Waals surface area contributed by atoms with E-state index >= 15 is 0 Å². The summed E-state index contributed by atoms with van der Waals surface area (Å²) in [6, 6.07) is 4.87. The van der Waals surface area contributed by atoms with Crippen molar-refractivity contribution in [2.45, 2.75) is 118 Å². The average Bonchev–Trinajstić information content (AvgIpc) is 3.01. The summed E-state index contributed by atoms with van der Waals surface area (Å²) in [4.78, 5) is 58.7. The molecular weight excluding hydrogens is 636 g/mol. The second-order valence-corrected chi connectivity index (χ2v) is 12.0. The number of carbonyl (C=O) groups is 5. The third-order valence-electron chi connectivity index (χ3n) is 7.53. The third-order valence-corrected chi connectivity index (χ3v) is 7.53. The van der Waals surface area contributed by atoms with E-state index in [9.17, 15) is 24.0 Å². The molecular formula is C37H50O12. The minimum absolute atomic E-state index is 0.179. The highest BCUT2D eigenvalue weighted by atomic mass is 16.7. The van der Waals surface area contributed by atoms with E-state index in [0.29, 0.717) is 36.3 Å². The van der Waals surface area contributed by atoms with Gasteiger partial charge in [0.2, 0.25) is 12.4 Å². The van der Waals surface area contributed by atoms with Crippen LogP contribution in [0.25, 0.3) is 0 Å². The standard InChI is InChI=1S/C37H50O12/c1-23(12-10-14-25(3)16-20-34(42)43-8)11-9-13-24(2)15-17-30-21-31(18-19-32(30)45-26(4)38)49-37-36(48-29(7)41)35(47-28(6)40)33(22-44-37)46-27(5)39/h11,14-15,18-19,21,33,35-37H,9-10,12-13,16-17,20,22H2,1-8H3/b23-11+,24-15+,25-14+/t33-,35+,36-,37+/m1/s1. The number of hydrogen-bond donors (Lipinski definition) is 0. The first-order valence-electron chi connectivity index (χ1n) is 16.3.